The Bertz CT molecular complexity index is 778. The lowest BCUT2D eigenvalue weighted by atomic mass is 10.0. The maximum atomic E-state index is 12.4. The number of piperidine rings is 1. The van der Waals surface area contributed by atoms with Crippen molar-refractivity contribution in [1.29, 1.82) is 0 Å². The average Bonchev–Trinajstić information content (AvgIpc) is 3.16. The molecule has 4 rings (SSSR count). The van der Waals surface area contributed by atoms with Crippen LogP contribution in [0.15, 0.2) is 18.2 Å². The van der Waals surface area contributed by atoms with Crippen LogP contribution in [0.4, 0.5) is 11.4 Å². The van der Waals surface area contributed by atoms with Crippen LogP contribution in [-0.4, -0.2) is 55.0 Å². The van der Waals surface area contributed by atoms with Gasteiger partial charge in [0.05, 0.1) is 16.9 Å². The molecular weight excluding hydrogens is 346 g/mol. The van der Waals surface area contributed by atoms with Gasteiger partial charge in [-0.15, -0.1) is 0 Å². The first-order valence-corrected chi connectivity index (χ1v) is 9.69. The number of hydrogen-bond acceptors (Lipinski definition) is 5. The highest BCUT2D eigenvalue weighted by Crippen LogP contribution is 2.37. The van der Waals surface area contributed by atoms with Crippen LogP contribution < -0.4 is 10.2 Å². The predicted molar refractivity (Wildman–Crippen MR) is 101 cm³/mol. The monoisotopic (exact) mass is 371 g/mol. The molecule has 1 aromatic carbocycles. The van der Waals surface area contributed by atoms with E-state index in [4.69, 9.17) is 4.74 Å². The van der Waals surface area contributed by atoms with E-state index in [1.165, 1.54) is 0 Å². The Morgan fingerprint density at radius 2 is 2.04 bits per heavy atom. The van der Waals surface area contributed by atoms with Crippen LogP contribution in [0.25, 0.3) is 0 Å². The Hall–Kier alpha value is -2.57. The van der Waals surface area contributed by atoms with E-state index in [0.717, 1.165) is 51.0 Å². The van der Waals surface area contributed by atoms with Crippen molar-refractivity contribution < 1.29 is 19.1 Å². The summed E-state index contributed by atoms with van der Waals surface area (Å²) in [6.45, 7) is 4.17. The fourth-order valence-electron chi connectivity index (χ4n) is 4.28. The Morgan fingerprint density at radius 3 is 2.85 bits per heavy atom. The highest BCUT2D eigenvalue weighted by molar-refractivity contribution is 6.05. The first-order chi connectivity index (χ1) is 13.0. The lowest BCUT2D eigenvalue weighted by Crippen LogP contribution is -2.44. The second-order valence-electron chi connectivity index (χ2n) is 7.74. The second kappa shape index (κ2) is 7.21. The molecule has 0 unspecified atom stereocenters. The molecule has 2 amide bonds. The van der Waals surface area contributed by atoms with E-state index in [-0.39, 0.29) is 24.5 Å². The van der Waals surface area contributed by atoms with Gasteiger partial charge in [0.25, 0.3) is 5.91 Å². The molecule has 144 valence electrons. The van der Waals surface area contributed by atoms with Crippen molar-refractivity contribution in [3.05, 3.63) is 23.8 Å². The molecule has 2 fully saturated rings. The maximum absolute atomic E-state index is 12.4. The molecule has 1 aromatic rings. The molecule has 0 aromatic heterocycles. The van der Waals surface area contributed by atoms with Crippen molar-refractivity contribution in [2.45, 2.75) is 38.6 Å². The summed E-state index contributed by atoms with van der Waals surface area (Å²) in [4.78, 5) is 40.7. The van der Waals surface area contributed by atoms with Gasteiger partial charge in [-0.1, -0.05) is 6.92 Å². The van der Waals surface area contributed by atoms with Crippen LogP contribution in [0, 0.1) is 5.92 Å². The summed E-state index contributed by atoms with van der Waals surface area (Å²) in [5.41, 5.74) is 1.90. The lowest BCUT2D eigenvalue weighted by molar-refractivity contribution is -0.136. The molecule has 1 N–H and O–H groups in total. The van der Waals surface area contributed by atoms with E-state index in [0.29, 0.717) is 17.2 Å². The van der Waals surface area contributed by atoms with Gasteiger partial charge in [0, 0.05) is 19.6 Å². The van der Waals surface area contributed by atoms with Crippen molar-refractivity contribution >= 4 is 29.2 Å². The quantitative estimate of drug-likeness (QED) is 0.823. The number of amides is 2. The Balaban J connectivity index is 1.40. The third-order valence-corrected chi connectivity index (χ3v) is 5.69. The molecule has 7 heteroatoms. The van der Waals surface area contributed by atoms with E-state index in [1.54, 1.807) is 17.0 Å². The zero-order chi connectivity index (χ0) is 19.0. The third kappa shape index (κ3) is 3.50. The van der Waals surface area contributed by atoms with Gasteiger partial charge in [0.1, 0.15) is 6.04 Å². The van der Waals surface area contributed by atoms with E-state index in [9.17, 15) is 14.4 Å². The zero-order valence-electron chi connectivity index (χ0n) is 15.6. The lowest BCUT2D eigenvalue weighted by Gasteiger charge is -2.33. The summed E-state index contributed by atoms with van der Waals surface area (Å²) in [6, 6.07) is 5.07. The standard InChI is InChI=1S/C20H25N3O4/c1-13-4-2-8-22(11-13)18(24)12-27-20(26)14-6-7-16-15(10-14)21-19(25)17-5-3-9-23(16)17/h6-7,10,13,17H,2-5,8-9,11-12H2,1H3,(H,21,25)/t13-,17-/m1/s1. The molecular formula is C20H25N3O4. The van der Waals surface area contributed by atoms with Crippen molar-refractivity contribution in [2.24, 2.45) is 5.92 Å². The summed E-state index contributed by atoms with van der Waals surface area (Å²) in [5, 5.41) is 2.88. The van der Waals surface area contributed by atoms with E-state index in [1.807, 2.05) is 6.07 Å². The van der Waals surface area contributed by atoms with Gasteiger partial charge in [-0.05, 0) is 49.8 Å². The van der Waals surface area contributed by atoms with E-state index in [2.05, 4.69) is 17.1 Å². The number of likely N-dealkylation sites (tertiary alicyclic amines) is 1. The molecule has 3 aliphatic heterocycles. The number of ether oxygens (including phenoxy) is 1. The zero-order valence-corrected chi connectivity index (χ0v) is 15.6. The van der Waals surface area contributed by atoms with Gasteiger partial charge in [-0.2, -0.15) is 0 Å². The van der Waals surface area contributed by atoms with Crippen LogP contribution in [0.3, 0.4) is 0 Å². The highest BCUT2D eigenvalue weighted by Gasteiger charge is 2.36. The second-order valence-corrected chi connectivity index (χ2v) is 7.74. The molecule has 3 heterocycles. The van der Waals surface area contributed by atoms with Crippen LogP contribution in [0.2, 0.25) is 0 Å². The van der Waals surface area contributed by atoms with Gasteiger partial charge < -0.3 is 19.9 Å². The Morgan fingerprint density at radius 1 is 1.22 bits per heavy atom. The summed E-state index contributed by atoms with van der Waals surface area (Å²) < 4.78 is 5.23. The van der Waals surface area contributed by atoms with Crippen molar-refractivity contribution in [3.8, 4) is 0 Å². The van der Waals surface area contributed by atoms with Gasteiger partial charge in [-0.25, -0.2) is 4.79 Å². The number of nitrogens with one attached hydrogen (secondary N) is 1. The largest absolute Gasteiger partial charge is 0.452 e. The molecule has 3 aliphatic rings. The van der Waals surface area contributed by atoms with Gasteiger partial charge in [0.15, 0.2) is 6.61 Å². The predicted octanol–water partition coefficient (Wildman–Crippen LogP) is 2.02. The number of benzene rings is 1. The van der Waals surface area contributed by atoms with Crippen molar-refractivity contribution in [1.82, 2.24) is 4.90 Å². The Labute approximate surface area is 158 Å². The third-order valence-electron chi connectivity index (χ3n) is 5.69. The summed E-state index contributed by atoms with van der Waals surface area (Å²) in [6.07, 6.45) is 3.95. The van der Waals surface area contributed by atoms with Crippen LogP contribution in [0.1, 0.15) is 43.0 Å². The van der Waals surface area contributed by atoms with Crippen LogP contribution in [0.5, 0.6) is 0 Å². The van der Waals surface area contributed by atoms with E-state index < -0.39 is 5.97 Å². The molecule has 27 heavy (non-hydrogen) atoms. The molecule has 0 radical (unpaired) electrons. The number of nitrogens with zero attached hydrogens (tertiary/aromatic N) is 2. The minimum absolute atomic E-state index is 0.0279. The SMILES string of the molecule is C[C@@H]1CCCN(C(=O)COC(=O)c2ccc3c(c2)NC(=O)[C@H]2CCCN32)C1. The molecule has 2 atom stereocenters. The number of carbonyl (C=O) groups is 3. The molecule has 0 saturated carbocycles. The number of carbonyl (C=O) groups excluding carboxylic acids is 3. The fraction of sp³-hybridized carbons (Fsp3) is 0.550. The highest BCUT2D eigenvalue weighted by atomic mass is 16.5. The molecule has 0 aliphatic carbocycles. The maximum Gasteiger partial charge on any atom is 0.338 e. The minimum atomic E-state index is -0.547. The number of esters is 1. The molecule has 2 saturated heterocycles. The van der Waals surface area contributed by atoms with Gasteiger partial charge >= 0.3 is 5.97 Å². The number of fused-ring (bicyclic) bond motifs is 3. The summed E-state index contributed by atoms with van der Waals surface area (Å²) >= 11 is 0. The molecule has 0 bridgehead atoms. The topological polar surface area (TPSA) is 79.0 Å². The number of anilines is 2. The smallest absolute Gasteiger partial charge is 0.338 e. The fourth-order valence-corrected chi connectivity index (χ4v) is 4.28. The van der Waals surface area contributed by atoms with Gasteiger partial charge in [0.2, 0.25) is 5.91 Å². The normalized spacial score (nSPS) is 24.1. The Kier molecular flexibility index (Phi) is 4.76. The first kappa shape index (κ1) is 17.8. The van der Waals surface area contributed by atoms with E-state index >= 15 is 0 Å². The van der Waals surface area contributed by atoms with Crippen LogP contribution >= 0.6 is 0 Å². The van der Waals surface area contributed by atoms with Crippen LogP contribution in [-0.2, 0) is 14.3 Å². The summed E-state index contributed by atoms with van der Waals surface area (Å²) in [7, 11) is 0. The van der Waals surface area contributed by atoms with Crippen molar-refractivity contribution in [3.63, 3.8) is 0 Å². The van der Waals surface area contributed by atoms with Crippen molar-refractivity contribution in [2.75, 3.05) is 36.5 Å². The number of rotatable bonds is 3. The molecule has 0 spiro atoms. The van der Waals surface area contributed by atoms with Gasteiger partial charge in [-0.3, -0.25) is 9.59 Å². The minimum Gasteiger partial charge on any atom is -0.452 e. The molecule has 7 nitrogen and oxygen atoms in total. The summed E-state index contributed by atoms with van der Waals surface area (Å²) in [5.74, 6) is -0.243. The first-order valence-electron chi connectivity index (χ1n) is 9.69. The number of hydrogen-bond donors (Lipinski definition) is 1. The average molecular weight is 371 g/mol.